The molecule has 0 aliphatic heterocycles. The van der Waals surface area contributed by atoms with Gasteiger partial charge in [-0.3, -0.25) is 9.59 Å². The molecule has 0 spiro atoms. The number of carbonyl (C=O) groups excluding carboxylic acids is 2. The van der Waals surface area contributed by atoms with Crippen LogP contribution in [0.5, 0.6) is 0 Å². The summed E-state index contributed by atoms with van der Waals surface area (Å²) in [7, 11) is 0. The number of carbonyl (C=O) groups is 2. The van der Waals surface area contributed by atoms with Gasteiger partial charge in [0.15, 0.2) is 0 Å². The summed E-state index contributed by atoms with van der Waals surface area (Å²) in [5.41, 5.74) is 1.48. The third-order valence-electron chi connectivity index (χ3n) is 2.80. The molecule has 2 rings (SSSR count). The largest absolute Gasteiger partial charge is 0.352 e. The molecular weight excluding hydrogens is 288 g/mol. The Labute approximate surface area is 128 Å². The van der Waals surface area contributed by atoms with Gasteiger partial charge in [0.05, 0.1) is 10.7 Å². The van der Waals surface area contributed by atoms with Gasteiger partial charge >= 0.3 is 0 Å². The van der Waals surface area contributed by atoms with Crippen molar-refractivity contribution in [3.63, 3.8) is 0 Å². The van der Waals surface area contributed by atoms with E-state index in [-0.39, 0.29) is 12.3 Å². The van der Waals surface area contributed by atoms with Crippen LogP contribution in [-0.4, -0.2) is 11.8 Å². The first kappa shape index (κ1) is 15.1. The summed E-state index contributed by atoms with van der Waals surface area (Å²) in [6.07, 6.45) is -0.238. The lowest BCUT2D eigenvalue weighted by Crippen LogP contribution is -2.27. The van der Waals surface area contributed by atoms with Crippen LogP contribution < -0.4 is 10.6 Å². The molecule has 2 amide bonds. The first-order valence-corrected chi connectivity index (χ1v) is 6.88. The van der Waals surface area contributed by atoms with Crippen molar-refractivity contribution in [1.29, 1.82) is 0 Å². The fourth-order valence-electron chi connectivity index (χ4n) is 1.76. The Kier molecular flexibility index (Phi) is 5.35. The van der Waals surface area contributed by atoms with Crippen LogP contribution in [0.15, 0.2) is 54.6 Å². The number of hydrogen-bond donors (Lipinski definition) is 2. The fraction of sp³-hybridized carbons (Fsp3) is 0.125. The van der Waals surface area contributed by atoms with Gasteiger partial charge in [-0.2, -0.15) is 0 Å². The van der Waals surface area contributed by atoms with Gasteiger partial charge in [-0.15, -0.1) is 0 Å². The van der Waals surface area contributed by atoms with E-state index in [2.05, 4.69) is 10.6 Å². The van der Waals surface area contributed by atoms with E-state index in [4.69, 9.17) is 11.6 Å². The van der Waals surface area contributed by atoms with E-state index >= 15 is 0 Å². The minimum absolute atomic E-state index is 0.238. The maximum Gasteiger partial charge on any atom is 0.233 e. The first-order chi connectivity index (χ1) is 10.1. The number of para-hydroxylation sites is 1. The van der Waals surface area contributed by atoms with Crippen molar-refractivity contribution >= 4 is 29.1 Å². The third kappa shape index (κ3) is 4.93. The van der Waals surface area contributed by atoms with E-state index in [1.807, 2.05) is 30.3 Å². The summed E-state index contributed by atoms with van der Waals surface area (Å²) in [6, 6.07) is 16.4. The summed E-state index contributed by atoms with van der Waals surface area (Å²) in [5, 5.41) is 5.75. The Morgan fingerprint density at radius 3 is 2.29 bits per heavy atom. The van der Waals surface area contributed by atoms with Crippen LogP contribution >= 0.6 is 11.6 Å². The molecule has 4 nitrogen and oxygen atoms in total. The highest BCUT2D eigenvalue weighted by Gasteiger charge is 2.10. The lowest BCUT2D eigenvalue weighted by Gasteiger charge is -2.08. The van der Waals surface area contributed by atoms with Gasteiger partial charge in [0.25, 0.3) is 0 Å². The highest BCUT2D eigenvalue weighted by molar-refractivity contribution is 6.33. The van der Waals surface area contributed by atoms with E-state index in [1.165, 1.54) is 0 Å². The molecule has 0 saturated heterocycles. The Balaban J connectivity index is 1.80. The highest BCUT2D eigenvalue weighted by atomic mass is 35.5. The van der Waals surface area contributed by atoms with Gasteiger partial charge in [0.1, 0.15) is 6.42 Å². The van der Waals surface area contributed by atoms with Crippen molar-refractivity contribution in [2.24, 2.45) is 0 Å². The molecule has 5 heteroatoms. The van der Waals surface area contributed by atoms with Crippen LogP contribution in [0.25, 0.3) is 0 Å². The maximum absolute atomic E-state index is 11.8. The summed E-state index contributed by atoms with van der Waals surface area (Å²) >= 11 is 5.93. The van der Waals surface area contributed by atoms with Crippen LogP contribution in [-0.2, 0) is 16.1 Å². The van der Waals surface area contributed by atoms with E-state index in [1.54, 1.807) is 24.3 Å². The predicted molar refractivity (Wildman–Crippen MR) is 83.0 cm³/mol. The molecule has 2 N–H and O–H groups in total. The number of benzene rings is 2. The molecule has 108 valence electrons. The van der Waals surface area contributed by atoms with Gasteiger partial charge < -0.3 is 10.6 Å². The second-order valence-electron chi connectivity index (χ2n) is 4.47. The second-order valence-corrected chi connectivity index (χ2v) is 4.87. The molecule has 0 atom stereocenters. The molecule has 2 aromatic rings. The Morgan fingerprint density at radius 2 is 1.57 bits per heavy atom. The second kappa shape index (κ2) is 7.45. The number of rotatable bonds is 5. The van der Waals surface area contributed by atoms with Crippen molar-refractivity contribution in [2.45, 2.75) is 13.0 Å². The molecule has 0 unspecified atom stereocenters. The SMILES string of the molecule is O=C(CC(=O)Nc1ccccc1Cl)NCc1ccccc1. The monoisotopic (exact) mass is 302 g/mol. The molecule has 0 aliphatic rings. The van der Waals surface area contributed by atoms with Crippen LogP contribution in [0.1, 0.15) is 12.0 Å². The average Bonchev–Trinajstić information content (AvgIpc) is 2.48. The number of amides is 2. The number of halogens is 1. The van der Waals surface area contributed by atoms with Gasteiger partial charge in [-0.05, 0) is 17.7 Å². The summed E-state index contributed by atoms with van der Waals surface area (Å²) in [4.78, 5) is 23.5. The zero-order valence-corrected chi connectivity index (χ0v) is 12.1. The lowest BCUT2D eigenvalue weighted by molar-refractivity contribution is -0.126. The summed E-state index contributed by atoms with van der Waals surface area (Å²) < 4.78 is 0. The quantitative estimate of drug-likeness (QED) is 0.834. The minimum Gasteiger partial charge on any atom is -0.352 e. The predicted octanol–water partition coefficient (Wildman–Crippen LogP) is 2.99. The van der Waals surface area contributed by atoms with E-state index < -0.39 is 5.91 Å². The van der Waals surface area contributed by atoms with E-state index in [9.17, 15) is 9.59 Å². The zero-order chi connectivity index (χ0) is 15.1. The molecule has 0 radical (unpaired) electrons. The number of hydrogen-bond acceptors (Lipinski definition) is 2. The van der Waals surface area contributed by atoms with Crippen molar-refractivity contribution < 1.29 is 9.59 Å². The van der Waals surface area contributed by atoms with E-state index in [0.717, 1.165) is 5.56 Å². The van der Waals surface area contributed by atoms with Gasteiger partial charge in [-0.1, -0.05) is 54.1 Å². The molecule has 2 aromatic carbocycles. The van der Waals surface area contributed by atoms with Gasteiger partial charge in [0.2, 0.25) is 11.8 Å². The smallest absolute Gasteiger partial charge is 0.233 e. The zero-order valence-electron chi connectivity index (χ0n) is 11.3. The molecule has 0 saturated carbocycles. The Bertz CT molecular complexity index is 629. The molecule has 0 bridgehead atoms. The van der Waals surface area contributed by atoms with Crippen molar-refractivity contribution in [3.05, 3.63) is 65.2 Å². The van der Waals surface area contributed by atoms with E-state index in [0.29, 0.717) is 17.3 Å². The van der Waals surface area contributed by atoms with Gasteiger partial charge in [0, 0.05) is 6.54 Å². The molecular formula is C16H15ClN2O2. The minimum atomic E-state index is -0.395. The molecule has 0 aliphatic carbocycles. The molecule has 0 fully saturated rings. The molecule has 0 aromatic heterocycles. The number of anilines is 1. The Hall–Kier alpha value is -2.33. The standard InChI is InChI=1S/C16H15ClN2O2/c17-13-8-4-5-9-14(13)19-16(21)10-15(20)18-11-12-6-2-1-3-7-12/h1-9H,10-11H2,(H,18,20)(H,19,21). The van der Waals surface area contributed by atoms with Crippen LogP contribution in [0.2, 0.25) is 5.02 Å². The van der Waals surface area contributed by atoms with Crippen molar-refractivity contribution in [1.82, 2.24) is 5.32 Å². The normalized spacial score (nSPS) is 9.95. The van der Waals surface area contributed by atoms with Crippen molar-refractivity contribution in [2.75, 3.05) is 5.32 Å². The topological polar surface area (TPSA) is 58.2 Å². The third-order valence-corrected chi connectivity index (χ3v) is 3.13. The maximum atomic E-state index is 11.8. The van der Waals surface area contributed by atoms with Crippen molar-refractivity contribution in [3.8, 4) is 0 Å². The van der Waals surface area contributed by atoms with Gasteiger partial charge in [-0.25, -0.2) is 0 Å². The summed E-state index contributed by atoms with van der Waals surface area (Å²) in [5.74, 6) is -0.725. The molecule has 21 heavy (non-hydrogen) atoms. The fourth-order valence-corrected chi connectivity index (χ4v) is 1.94. The van der Waals surface area contributed by atoms with Crippen LogP contribution in [0, 0.1) is 0 Å². The van der Waals surface area contributed by atoms with Crippen LogP contribution in [0.3, 0.4) is 0 Å². The molecule has 0 heterocycles. The first-order valence-electron chi connectivity index (χ1n) is 6.50. The highest BCUT2D eigenvalue weighted by Crippen LogP contribution is 2.20. The summed E-state index contributed by atoms with van der Waals surface area (Å²) in [6.45, 7) is 0.402. The number of nitrogens with one attached hydrogen (secondary N) is 2. The lowest BCUT2D eigenvalue weighted by atomic mass is 10.2. The van der Waals surface area contributed by atoms with Crippen LogP contribution in [0.4, 0.5) is 5.69 Å². The average molecular weight is 303 g/mol. The Morgan fingerprint density at radius 1 is 0.905 bits per heavy atom.